The molecule has 9 heteroatoms. The molecule has 2 aromatic carbocycles. The number of halogens is 1. The third kappa shape index (κ3) is 4.72. The number of carbonyl (C=O) groups is 1. The van der Waals surface area contributed by atoms with Crippen LogP contribution in [0.4, 0.5) is 5.69 Å². The number of hydrogen-bond acceptors (Lipinski definition) is 6. The molecule has 0 aliphatic carbocycles. The van der Waals surface area contributed by atoms with Gasteiger partial charge in [0, 0.05) is 16.3 Å². The summed E-state index contributed by atoms with van der Waals surface area (Å²) < 4.78 is 7.16. The molecule has 0 saturated carbocycles. The molecule has 0 saturated heterocycles. The lowest BCUT2D eigenvalue weighted by Gasteiger charge is -2.06. The lowest BCUT2D eigenvalue weighted by Crippen LogP contribution is -2.14. The molecule has 2 heterocycles. The minimum Gasteiger partial charge on any atom is -0.494 e. The van der Waals surface area contributed by atoms with Crippen LogP contribution in [0.2, 0.25) is 5.02 Å². The van der Waals surface area contributed by atoms with Gasteiger partial charge in [0.05, 0.1) is 12.4 Å². The van der Waals surface area contributed by atoms with Crippen molar-refractivity contribution in [3.63, 3.8) is 0 Å². The summed E-state index contributed by atoms with van der Waals surface area (Å²) in [5.74, 6) is 1.52. The topological polar surface area (TPSA) is 81.4 Å². The number of rotatable bonds is 7. The maximum atomic E-state index is 12.2. The normalized spacial score (nSPS) is 10.9. The molecule has 30 heavy (non-hydrogen) atoms. The molecule has 0 unspecified atom stereocenters. The predicted octanol–water partition coefficient (Wildman–Crippen LogP) is 4.57. The van der Waals surface area contributed by atoms with Crippen molar-refractivity contribution in [3.05, 3.63) is 65.7 Å². The van der Waals surface area contributed by atoms with Crippen molar-refractivity contribution in [1.82, 2.24) is 19.8 Å². The maximum Gasteiger partial charge on any atom is 0.234 e. The van der Waals surface area contributed by atoms with Crippen molar-refractivity contribution in [3.8, 4) is 17.1 Å². The van der Waals surface area contributed by atoms with Gasteiger partial charge < -0.3 is 10.1 Å². The molecule has 0 atom stereocenters. The van der Waals surface area contributed by atoms with Crippen LogP contribution in [0, 0.1) is 0 Å². The Hall–Kier alpha value is -3.10. The molecule has 152 valence electrons. The zero-order chi connectivity index (χ0) is 20.9. The maximum absolute atomic E-state index is 12.2. The number of thioether (sulfide) groups is 1. The average molecular weight is 440 g/mol. The van der Waals surface area contributed by atoms with Crippen molar-refractivity contribution in [2.24, 2.45) is 0 Å². The minimum absolute atomic E-state index is 0.125. The highest BCUT2D eigenvalue weighted by molar-refractivity contribution is 7.99. The molecule has 0 aliphatic rings. The first kappa shape index (κ1) is 20.2. The van der Waals surface area contributed by atoms with E-state index in [1.165, 1.54) is 11.8 Å². The summed E-state index contributed by atoms with van der Waals surface area (Å²) in [5.41, 5.74) is 2.21. The van der Waals surface area contributed by atoms with Gasteiger partial charge in [0.15, 0.2) is 11.5 Å². The fraction of sp³-hybridized carbons (Fsp3) is 0.143. The highest BCUT2D eigenvalue weighted by atomic mass is 35.5. The Labute approximate surface area is 182 Å². The van der Waals surface area contributed by atoms with Gasteiger partial charge in [-0.1, -0.05) is 23.4 Å². The fourth-order valence-corrected chi connectivity index (χ4v) is 3.55. The van der Waals surface area contributed by atoms with Crippen LogP contribution in [0.5, 0.6) is 5.75 Å². The van der Waals surface area contributed by atoms with E-state index in [2.05, 4.69) is 20.6 Å². The number of carbonyl (C=O) groups excluding carboxylic acids is 1. The Bertz CT molecular complexity index is 1160. The number of benzene rings is 2. The number of ether oxygens (including phenoxy) is 1. The lowest BCUT2D eigenvalue weighted by molar-refractivity contribution is -0.113. The molecule has 0 bridgehead atoms. The van der Waals surface area contributed by atoms with E-state index in [9.17, 15) is 4.79 Å². The molecule has 0 spiro atoms. The quantitative estimate of drug-likeness (QED) is 0.425. The Morgan fingerprint density at radius 1 is 1.07 bits per heavy atom. The van der Waals surface area contributed by atoms with E-state index in [0.717, 1.165) is 11.3 Å². The first-order valence-corrected chi connectivity index (χ1v) is 10.6. The second-order valence-electron chi connectivity index (χ2n) is 6.27. The minimum atomic E-state index is -0.125. The zero-order valence-electron chi connectivity index (χ0n) is 16.1. The second-order valence-corrected chi connectivity index (χ2v) is 7.70. The largest absolute Gasteiger partial charge is 0.494 e. The van der Waals surface area contributed by atoms with Gasteiger partial charge in [0.1, 0.15) is 10.8 Å². The van der Waals surface area contributed by atoms with Gasteiger partial charge in [-0.25, -0.2) is 0 Å². The fourth-order valence-electron chi connectivity index (χ4n) is 2.77. The summed E-state index contributed by atoms with van der Waals surface area (Å²) in [7, 11) is 0. The Balaban J connectivity index is 1.47. The molecule has 0 fully saturated rings. The van der Waals surface area contributed by atoms with E-state index in [4.69, 9.17) is 16.3 Å². The third-order valence-corrected chi connectivity index (χ3v) is 5.31. The molecule has 0 radical (unpaired) electrons. The van der Waals surface area contributed by atoms with Gasteiger partial charge in [0.2, 0.25) is 5.91 Å². The Morgan fingerprint density at radius 2 is 1.83 bits per heavy atom. The average Bonchev–Trinajstić information content (AvgIpc) is 3.18. The summed E-state index contributed by atoms with van der Waals surface area (Å²) in [6.07, 6.45) is 0. The van der Waals surface area contributed by atoms with Crippen LogP contribution in [0.3, 0.4) is 0 Å². The summed E-state index contributed by atoms with van der Waals surface area (Å²) in [6.45, 7) is 2.56. The van der Waals surface area contributed by atoms with E-state index < -0.39 is 0 Å². The summed E-state index contributed by atoms with van der Waals surface area (Å²) in [6, 6.07) is 18.3. The summed E-state index contributed by atoms with van der Waals surface area (Å²) >= 11 is 7.20. The monoisotopic (exact) mass is 439 g/mol. The number of hydrogen-bond donors (Lipinski definition) is 1. The molecule has 4 rings (SSSR count). The second kappa shape index (κ2) is 9.15. The molecular formula is C21H18ClN5O2S. The van der Waals surface area contributed by atoms with E-state index in [-0.39, 0.29) is 11.7 Å². The number of nitrogens with one attached hydrogen (secondary N) is 1. The van der Waals surface area contributed by atoms with Crippen LogP contribution in [0.1, 0.15) is 6.92 Å². The summed E-state index contributed by atoms with van der Waals surface area (Å²) in [4.78, 5) is 12.2. The third-order valence-electron chi connectivity index (χ3n) is 4.14. The Kier molecular flexibility index (Phi) is 6.15. The van der Waals surface area contributed by atoms with Gasteiger partial charge in [-0.3, -0.25) is 4.79 Å². The molecule has 1 amide bonds. The first-order chi connectivity index (χ1) is 14.6. The van der Waals surface area contributed by atoms with E-state index >= 15 is 0 Å². The molecule has 0 aliphatic heterocycles. The van der Waals surface area contributed by atoms with Crippen molar-refractivity contribution >= 4 is 40.6 Å². The molecule has 2 aromatic heterocycles. The SMILES string of the molecule is CCOc1ccc(-c2nnc3ccc(SCC(=O)Nc4ccc(Cl)cc4)nn23)cc1. The predicted molar refractivity (Wildman–Crippen MR) is 118 cm³/mol. The van der Waals surface area contributed by atoms with Gasteiger partial charge in [-0.15, -0.1) is 10.2 Å². The number of anilines is 1. The zero-order valence-corrected chi connectivity index (χ0v) is 17.7. The highest BCUT2D eigenvalue weighted by Crippen LogP contribution is 2.23. The van der Waals surface area contributed by atoms with Crippen molar-refractivity contribution in [2.75, 3.05) is 17.7 Å². The van der Waals surface area contributed by atoms with E-state index in [1.54, 1.807) is 28.8 Å². The van der Waals surface area contributed by atoms with Crippen molar-refractivity contribution < 1.29 is 9.53 Å². The van der Waals surface area contributed by atoms with E-state index in [0.29, 0.717) is 33.8 Å². The lowest BCUT2D eigenvalue weighted by atomic mass is 10.2. The van der Waals surface area contributed by atoms with Crippen molar-refractivity contribution in [1.29, 1.82) is 0 Å². The molecule has 7 nitrogen and oxygen atoms in total. The van der Waals surface area contributed by atoms with Crippen LogP contribution in [0.15, 0.2) is 65.7 Å². The highest BCUT2D eigenvalue weighted by Gasteiger charge is 2.12. The van der Waals surface area contributed by atoms with Crippen molar-refractivity contribution in [2.45, 2.75) is 11.9 Å². The van der Waals surface area contributed by atoms with Gasteiger partial charge in [-0.2, -0.15) is 9.61 Å². The molecule has 4 aromatic rings. The van der Waals surface area contributed by atoms with Crippen LogP contribution >= 0.6 is 23.4 Å². The number of fused-ring (bicyclic) bond motifs is 1. The first-order valence-electron chi connectivity index (χ1n) is 9.26. The number of amides is 1. The smallest absolute Gasteiger partial charge is 0.234 e. The number of aromatic nitrogens is 4. The van der Waals surface area contributed by atoms with Gasteiger partial charge in [0.25, 0.3) is 0 Å². The van der Waals surface area contributed by atoms with Crippen LogP contribution in [-0.2, 0) is 4.79 Å². The standard InChI is InChI=1S/C21H18ClN5O2S/c1-2-29-17-9-3-14(4-10-17)21-25-24-18-11-12-20(26-27(18)21)30-13-19(28)23-16-7-5-15(22)6-8-16/h3-12H,2,13H2,1H3,(H,23,28). The van der Waals surface area contributed by atoms with Crippen LogP contribution in [0.25, 0.3) is 17.0 Å². The van der Waals surface area contributed by atoms with Gasteiger partial charge in [-0.05, 0) is 67.6 Å². The molecular weight excluding hydrogens is 422 g/mol. The van der Waals surface area contributed by atoms with Gasteiger partial charge >= 0.3 is 0 Å². The Morgan fingerprint density at radius 3 is 2.57 bits per heavy atom. The van der Waals surface area contributed by atoms with Crippen LogP contribution in [-0.4, -0.2) is 38.1 Å². The molecule has 1 N–H and O–H groups in total. The van der Waals surface area contributed by atoms with E-state index in [1.807, 2.05) is 43.3 Å². The number of nitrogens with zero attached hydrogens (tertiary/aromatic N) is 4. The summed E-state index contributed by atoms with van der Waals surface area (Å²) in [5, 5.41) is 17.2. The van der Waals surface area contributed by atoms with Crippen LogP contribution < -0.4 is 10.1 Å².